The molecular weight excluding hydrogens is 250 g/mol. The van der Waals surface area contributed by atoms with Crippen LogP contribution in [0.2, 0.25) is 0 Å². The summed E-state index contributed by atoms with van der Waals surface area (Å²) >= 11 is 1.20. The minimum atomic E-state index is -0.187. The third-order valence-electron chi connectivity index (χ3n) is 2.37. The van der Waals surface area contributed by atoms with Crippen LogP contribution >= 0.6 is 11.3 Å². The number of aromatic amines is 1. The van der Waals surface area contributed by atoms with Gasteiger partial charge in [0.2, 0.25) is 0 Å². The number of hydrogen-bond acceptors (Lipinski definition) is 4. The fourth-order valence-corrected chi connectivity index (χ4v) is 2.29. The van der Waals surface area contributed by atoms with Crippen molar-refractivity contribution in [1.29, 1.82) is 0 Å². The third-order valence-corrected chi connectivity index (χ3v) is 3.55. The highest BCUT2D eigenvalue weighted by molar-refractivity contribution is 7.15. The van der Waals surface area contributed by atoms with Crippen LogP contribution in [0.1, 0.15) is 37.7 Å². The Morgan fingerprint density at radius 1 is 1.39 bits per heavy atom. The lowest BCUT2D eigenvalue weighted by Gasteiger charge is -1.99. The van der Waals surface area contributed by atoms with Crippen LogP contribution in [0.3, 0.4) is 0 Å². The lowest BCUT2D eigenvalue weighted by atomic mass is 10.3. The molecule has 0 aliphatic heterocycles. The van der Waals surface area contributed by atoms with Crippen LogP contribution in [-0.2, 0) is 6.54 Å². The number of nitrogens with zero attached hydrogens (tertiary/aromatic N) is 1. The van der Waals surface area contributed by atoms with Crippen LogP contribution in [0, 0.1) is 6.92 Å². The zero-order valence-corrected chi connectivity index (χ0v) is 10.9. The number of Topliss-reactive ketones (excluding diaryl/α,β-unsaturated/α-hetero) is 1. The zero-order chi connectivity index (χ0) is 13.1. The van der Waals surface area contributed by atoms with E-state index in [9.17, 15) is 9.59 Å². The third kappa shape index (κ3) is 2.84. The summed E-state index contributed by atoms with van der Waals surface area (Å²) in [6.45, 7) is 3.76. The lowest BCUT2D eigenvalue weighted by Crippen LogP contribution is -2.21. The quantitative estimate of drug-likeness (QED) is 0.827. The molecule has 0 fully saturated rings. The summed E-state index contributed by atoms with van der Waals surface area (Å²) in [5.41, 5.74) is 1.73. The number of rotatable bonds is 4. The van der Waals surface area contributed by atoms with E-state index in [0.717, 1.165) is 11.4 Å². The molecule has 0 bridgehead atoms. The van der Waals surface area contributed by atoms with Gasteiger partial charge in [-0.25, -0.2) is 0 Å². The van der Waals surface area contributed by atoms with Crippen molar-refractivity contribution in [3.05, 3.63) is 39.3 Å². The number of carbonyl (C=O) groups is 2. The van der Waals surface area contributed by atoms with Gasteiger partial charge in [0.05, 0.1) is 22.0 Å². The van der Waals surface area contributed by atoms with Crippen molar-refractivity contribution in [3.63, 3.8) is 0 Å². The van der Waals surface area contributed by atoms with Crippen LogP contribution < -0.4 is 5.32 Å². The first-order valence-corrected chi connectivity index (χ1v) is 6.28. The number of thiophene rings is 1. The Hall–Kier alpha value is -1.95. The molecule has 0 saturated carbocycles. The van der Waals surface area contributed by atoms with Gasteiger partial charge in [-0.1, -0.05) is 0 Å². The number of aryl methyl sites for hydroxylation is 1. The monoisotopic (exact) mass is 263 g/mol. The maximum absolute atomic E-state index is 11.8. The van der Waals surface area contributed by atoms with Gasteiger partial charge >= 0.3 is 0 Å². The summed E-state index contributed by atoms with van der Waals surface area (Å²) < 4.78 is 0. The molecule has 5 nitrogen and oxygen atoms in total. The van der Waals surface area contributed by atoms with Crippen LogP contribution in [-0.4, -0.2) is 21.9 Å². The van der Waals surface area contributed by atoms with Gasteiger partial charge in [0.1, 0.15) is 0 Å². The second-order valence-corrected chi connectivity index (χ2v) is 5.03. The average molecular weight is 263 g/mol. The molecule has 2 aromatic heterocycles. The first-order chi connectivity index (χ1) is 8.56. The Bertz CT molecular complexity index is 586. The summed E-state index contributed by atoms with van der Waals surface area (Å²) in [5, 5.41) is 9.59. The predicted octanol–water partition coefficient (Wildman–Crippen LogP) is 1.91. The molecule has 6 heteroatoms. The van der Waals surface area contributed by atoms with Gasteiger partial charge in [0.25, 0.3) is 5.91 Å². The van der Waals surface area contributed by atoms with Crippen LogP contribution in [0.4, 0.5) is 0 Å². The molecule has 2 aromatic rings. The van der Waals surface area contributed by atoms with E-state index >= 15 is 0 Å². The van der Waals surface area contributed by atoms with Gasteiger partial charge in [-0.05, 0) is 32.0 Å². The minimum Gasteiger partial charge on any atom is -0.346 e. The summed E-state index contributed by atoms with van der Waals surface area (Å²) in [4.78, 5) is 24.1. The molecule has 0 aliphatic carbocycles. The van der Waals surface area contributed by atoms with Gasteiger partial charge in [-0.2, -0.15) is 5.10 Å². The highest BCUT2D eigenvalue weighted by atomic mass is 32.1. The molecule has 0 aliphatic rings. The molecule has 0 aromatic carbocycles. The molecule has 0 atom stereocenters. The molecule has 18 heavy (non-hydrogen) atoms. The summed E-state index contributed by atoms with van der Waals surface area (Å²) in [5.74, 6) is -0.213. The van der Waals surface area contributed by atoms with E-state index in [1.165, 1.54) is 18.3 Å². The van der Waals surface area contributed by atoms with E-state index in [0.29, 0.717) is 16.3 Å². The van der Waals surface area contributed by atoms with E-state index in [2.05, 4.69) is 15.5 Å². The number of nitrogens with one attached hydrogen (secondary N) is 2. The van der Waals surface area contributed by atoms with E-state index in [1.807, 2.05) is 13.0 Å². The zero-order valence-electron chi connectivity index (χ0n) is 10.1. The maximum atomic E-state index is 11.8. The number of H-pyrrole nitrogens is 1. The Morgan fingerprint density at radius 2 is 2.11 bits per heavy atom. The highest BCUT2D eigenvalue weighted by Crippen LogP contribution is 2.16. The van der Waals surface area contributed by atoms with Crippen LogP contribution in [0.25, 0.3) is 0 Å². The van der Waals surface area contributed by atoms with Gasteiger partial charge in [-0.3, -0.25) is 14.7 Å². The molecule has 2 N–H and O–H groups in total. The summed E-state index contributed by atoms with van der Waals surface area (Å²) in [7, 11) is 0. The van der Waals surface area contributed by atoms with Gasteiger partial charge in [0, 0.05) is 5.69 Å². The lowest BCUT2D eigenvalue weighted by molar-refractivity contribution is 0.0953. The van der Waals surface area contributed by atoms with E-state index in [-0.39, 0.29) is 11.7 Å². The van der Waals surface area contributed by atoms with Crippen molar-refractivity contribution < 1.29 is 9.59 Å². The van der Waals surface area contributed by atoms with Crippen molar-refractivity contribution in [2.45, 2.75) is 20.4 Å². The number of carbonyl (C=O) groups excluding carboxylic acids is 2. The van der Waals surface area contributed by atoms with E-state index < -0.39 is 0 Å². The van der Waals surface area contributed by atoms with Crippen molar-refractivity contribution >= 4 is 23.0 Å². The summed E-state index contributed by atoms with van der Waals surface area (Å²) in [6, 6.07) is 5.20. The molecule has 0 unspecified atom stereocenters. The van der Waals surface area contributed by atoms with E-state index in [1.54, 1.807) is 12.1 Å². The molecule has 1 amide bonds. The second kappa shape index (κ2) is 5.14. The standard InChI is InChI=1S/C12H13N3O2S/c1-7-5-9(15-14-7)6-13-12(17)11-4-3-10(18-11)8(2)16/h3-5H,6H2,1-2H3,(H,13,17)(H,14,15). The summed E-state index contributed by atoms with van der Waals surface area (Å²) in [6.07, 6.45) is 0. The van der Waals surface area contributed by atoms with Gasteiger partial charge < -0.3 is 5.32 Å². The normalized spacial score (nSPS) is 10.3. The van der Waals surface area contributed by atoms with Crippen molar-refractivity contribution in [1.82, 2.24) is 15.5 Å². The second-order valence-electron chi connectivity index (χ2n) is 3.95. The van der Waals surface area contributed by atoms with Crippen molar-refractivity contribution in [2.75, 3.05) is 0 Å². The first kappa shape index (κ1) is 12.5. The van der Waals surface area contributed by atoms with E-state index in [4.69, 9.17) is 0 Å². The average Bonchev–Trinajstić information content (AvgIpc) is 2.94. The number of ketones is 1. The molecular formula is C12H13N3O2S. The van der Waals surface area contributed by atoms with Crippen LogP contribution in [0.5, 0.6) is 0 Å². The number of aromatic nitrogens is 2. The molecule has 0 spiro atoms. The molecule has 2 rings (SSSR count). The minimum absolute atomic E-state index is 0.0259. The smallest absolute Gasteiger partial charge is 0.261 e. The highest BCUT2D eigenvalue weighted by Gasteiger charge is 2.11. The molecule has 94 valence electrons. The molecule has 0 radical (unpaired) electrons. The fraction of sp³-hybridized carbons (Fsp3) is 0.250. The Kier molecular flexibility index (Phi) is 3.57. The van der Waals surface area contributed by atoms with Gasteiger partial charge in [-0.15, -0.1) is 11.3 Å². The fourth-order valence-electron chi connectivity index (χ4n) is 1.47. The Balaban J connectivity index is 1.97. The number of amides is 1. The molecule has 2 heterocycles. The molecule has 0 saturated heterocycles. The first-order valence-electron chi connectivity index (χ1n) is 5.46. The SMILES string of the molecule is CC(=O)c1ccc(C(=O)NCc2cc(C)[nH]n2)s1. The van der Waals surface area contributed by atoms with Crippen molar-refractivity contribution in [2.24, 2.45) is 0 Å². The number of hydrogen-bond donors (Lipinski definition) is 2. The van der Waals surface area contributed by atoms with Crippen LogP contribution in [0.15, 0.2) is 18.2 Å². The maximum Gasteiger partial charge on any atom is 0.261 e. The topological polar surface area (TPSA) is 74.8 Å². The largest absolute Gasteiger partial charge is 0.346 e. The predicted molar refractivity (Wildman–Crippen MR) is 68.8 cm³/mol. The van der Waals surface area contributed by atoms with Crippen molar-refractivity contribution in [3.8, 4) is 0 Å². The van der Waals surface area contributed by atoms with Gasteiger partial charge in [0.15, 0.2) is 5.78 Å². The Labute approximate surface area is 108 Å². The Morgan fingerprint density at radius 3 is 2.67 bits per heavy atom.